The summed E-state index contributed by atoms with van der Waals surface area (Å²) in [5.41, 5.74) is 9.01. The average molecular weight is 475 g/mol. The minimum atomic E-state index is -0.139. The normalized spacial score (nSPS) is 16.6. The summed E-state index contributed by atoms with van der Waals surface area (Å²) in [6.07, 6.45) is 5.65. The SMILES string of the molecule is Cn1c(C=Cc2ccccc2Cl)nc2nc(N3CCCC(N)C3)n(Cc3ccccc3)c2c1=O. The third-order valence-electron chi connectivity index (χ3n) is 6.24. The lowest BCUT2D eigenvalue weighted by Crippen LogP contribution is -2.44. The summed E-state index contributed by atoms with van der Waals surface area (Å²) in [6, 6.07) is 17.7. The van der Waals surface area contributed by atoms with Gasteiger partial charge >= 0.3 is 0 Å². The molecule has 1 fully saturated rings. The third kappa shape index (κ3) is 4.36. The van der Waals surface area contributed by atoms with Gasteiger partial charge in [0.1, 0.15) is 5.82 Å². The number of rotatable bonds is 5. The van der Waals surface area contributed by atoms with Crippen LogP contribution >= 0.6 is 11.6 Å². The number of nitrogens with zero attached hydrogens (tertiary/aromatic N) is 5. The minimum absolute atomic E-state index is 0.0867. The minimum Gasteiger partial charge on any atom is -0.341 e. The quantitative estimate of drug-likeness (QED) is 0.474. The van der Waals surface area contributed by atoms with Crippen LogP contribution in [0.1, 0.15) is 29.8 Å². The number of hydrogen-bond acceptors (Lipinski definition) is 5. The zero-order chi connectivity index (χ0) is 23.7. The van der Waals surface area contributed by atoms with Crippen molar-refractivity contribution in [3.8, 4) is 0 Å². The first-order chi connectivity index (χ1) is 16.5. The van der Waals surface area contributed by atoms with Crippen molar-refractivity contribution in [2.75, 3.05) is 18.0 Å². The van der Waals surface area contributed by atoms with Crippen molar-refractivity contribution in [3.63, 3.8) is 0 Å². The fourth-order valence-electron chi connectivity index (χ4n) is 4.44. The first kappa shape index (κ1) is 22.4. The number of anilines is 1. The molecule has 5 rings (SSSR count). The zero-order valence-electron chi connectivity index (χ0n) is 19.1. The Morgan fingerprint density at radius 2 is 1.85 bits per heavy atom. The van der Waals surface area contributed by atoms with Crippen LogP contribution in [0.2, 0.25) is 5.02 Å². The lowest BCUT2D eigenvalue weighted by molar-refractivity contribution is 0.495. The summed E-state index contributed by atoms with van der Waals surface area (Å²) in [4.78, 5) is 25.3. The fraction of sp³-hybridized carbons (Fsp3) is 0.269. The van der Waals surface area contributed by atoms with Crippen molar-refractivity contribution in [2.24, 2.45) is 12.8 Å². The lowest BCUT2D eigenvalue weighted by Gasteiger charge is -2.31. The van der Waals surface area contributed by atoms with E-state index < -0.39 is 0 Å². The summed E-state index contributed by atoms with van der Waals surface area (Å²) < 4.78 is 3.55. The van der Waals surface area contributed by atoms with Gasteiger partial charge in [-0.1, -0.05) is 60.1 Å². The maximum absolute atomic E-state index is 13.6. The molecule has 1 aliphatic rings. The van der Waals surface area contributed by atoms with Crippen molar-refractivity contribution < 1.29 is 0 Å². The number of hydrogen-bond donors (Lipinski definition) is 1. The lowest BCUT2D eigenvalue weighted by atomic mass is 10.1. The molecule has 174 valence electrons. The Kier molecular flexibility index (Phi) is 6.22. The van der Waals surface area contributed by atoms with Gasteiger partial charge in [-0.15, -0.1) is 0 Å². The molecule has 7 nitrogen and oxygen atoms in total. The van der Waals surface area contributed by atoms with E-state index in [-0.39, 0.29) is 11.6 Å². The van der Waals surface area contributed by atoms with E-state index in [0.717, 1.165) is 36.5 Å². The first-order valence-corrected chi connectivity index (χ1v) is 11.8. The van der Waals surface area contributed by atoms with Gasteiger partial charge in [-0.05, 0) is 42.2 Å². The van der Waals surface area contributed by atoms with Gasteiger partial charge < -0.3 is 10.6 Å². The van der Waals surface area contributed by atoms with Crippen LogP contribution in [0.3, 0.4) is 0 Å². The second-order valence-corrected chi connectivity index (χ2v) is 9.10. The second kappa shape index (κ2) is 9.44. The molecule has 3 heterocycles. The molecule has 4 aromatic rings. The van der Waals surface area contributed by atoms with Gasteiger partial charge in [-0.2, -0.15) is 4.98 Å². The van der Waals surface area contributed by atoms with Crippen molar-refractivity contribution in [1.82, 2.24) is 19.1 Å². The van der Waals surface area contributed by atoms with Crippen molar-refractivity contribution in [2.45, 2.75) is 25.4 Å². The Morgan fingerprint density at radius 3 is 2.62 bits per heavy atom. The molecule has 0 spiro atoms. The van der Waals surface area contributed by atoms with E-state index >= 15 is 0 Å². The molecule has 34 heavy (non-hydrogen) atoms. The number of piperidine rings is 1. The van der Waals surface area contributed by atoms with Gasteiger partial charge in [-0.3, -0.25) is 13.9 Å². The van der Waals surface area contributed by atoms with Crippen LogP contribution in [-0.4, -0.2) is 38.2 Å². The number of aromatic nitrogens is 4. The molecule has 1 unspecified atom stereocenters. The van der Waals surface area contributed by atoms with Gasteiger partial charge in [0.15, 0.2) is 11.2 Å². The van der Waals surface area contributed by atoms with Crippen molar-refractivity contribution in [1.29, 1.82) is 0 Å². The topological polar surface area (TPSA) is 82.0 Å². The van der Waals surface area contributed by atoms with Gasteiger partial charge in [0.2, 0.25) is 5.95 Å². The molecule has 2 aromatic carbocycles. The molecule has 0 saturated carbocycles. The predicted octanol–water partition coefficient (Wildman–Crippen LogP) is 3.93. The molecule has 0 aliphatic carbocycles. The smallest absolute Gasteiger partial charge is 0.279 e. The van der Waals surface area contributed by atoms with Gasteiger partial charge in [0.05, 0.1) is 6.54 Å². The third-order valence-corrected chi connectivity index (χ3v) is 6.59. The molecule has 0 amide bonds. The molecule has 8 heteroatoms. The number of benzene rings is 2. The largest absolute Gasteiger partial charge is 0.341 e. The average Bonchev–Trinajstić information content (AvgIpc) is 3.20. The Morgan fingerprint density at radius 1 is 1.09 bits per heavy atom. The van der Waals surface area contributed by atoms with E-state index in [1.54, 1.807) is 17.7 Å². The van der Waals surface area contributed by atoms with E-state index in [9.17, 15) is 4.79 Å². The van der Waals surface area contributed by atoms with Crippen LogP contribution in [0.25, 0.3) is 23.3 Å². The Hall–Kier alpha value is -3.42. The van der Waals surface area contributed by atoms with E-state index in [4.69, 9.17) is 27.3 Å². The van der Waals surface area contributed by atoms with Gasteiger partial charge in [0.25, 0.3) is 5.56 Å². The predicted molar refractivity (Wildman–Crippen MR) is 138 cm³/mol. The van der Waals surface area contributed by atoms with Crippen molar-refractivity contribution >= 4 is 40.9 Å². The van der Waals surface area contributed by atoms with E-state index in [2.05, 4.69) is 17.0 Å². The van der Waals surface area contributed by atoms with Gasteiger partial charge in [0, 0.05) is 31.2 Å². The fourth-order valence-corrected chi connectivity index (χ4v) is 4.64. The van der Waals surface area contributed by atoms with Crippen LogP contribution in [0.4, 0.5) is 5.95 Å². The van der Waals surface area contributed by atoms with E-state index in [0.29, 0.717) is 35.1 Å². The van der Waals surface area contributed by atoms with Crippen LogP contribution in [0, 0.1) is 0 Å². The summed E-state index contributed by atoms with van der Waals surface area (Å²) in [7, 11) is 1.73. The standard InChI is InChI=1S/C26H27ClN6O/c1-31-22(14-13-19-10-5-6-12-21(19)27)29-24-23(25(31)34)33(16-18-8-3-2-4-9-18)26(30-24)32-15-7-11-20(28)17-32/h2-6,8-10,12-14,20H,7,11,15-17,28H2,1H3. The highest BCUT2D eigenvalue weighted by molar-refractivity contribution is 6.32. The van der Waals surface area contributed by atoms with Gasteiger partial charge in [-0.25, -0.2) is 4.98 Å². The Labute approximate surface area is 203 Å². The molecule has 0 radical (unpaired) electrons. The molecular formula is C26H27ClN6O. The number of halogens is 1. The van der Waals surface area contributed by atoms with Crippen LogP contribution < -0.4 is 16.2 Å². The summed E-state index contributed by atoms with van der Waals surface area (Å²) >= 11 is 6.28. The maximum atomic E-state index is 13.6. The van der Waals surface area contributed by atoms with E-state index in [1.807, 2.05) is 53.1 Å². The highest BCUT2D eigenvalue weighted by Crippen LogP contribution is 2.25. The Balaban J connectivity index is 1.63. The summed E-state index contributed by atoms with van der Waals surface area (Å²) in [5, 5.41) is 0.640. The molecule has 1 atom stereocenters. The van der Waals surface area contributed by atoms with Crippen LogP contribution in [-0.2, 0) is 13.6 Å². The zero-order valence-corrected chi connectivity index (χ0v) is 19.8. The second-order valence-electron chi connectivity index (χ2n) is 8.69. The monoisotopic (exact) mass is 474 g/mol. The molecular weight excluding hydrogens is 448 g/mol. The molecule has 0 bridgehead atoms. The first-order valence-electron chi connectivity index (χ1n) is 11.5. The number of fused-ring (bicyclic) bond motifs is 1. The Bertz CT molecular complexity index is 1410. The number of imidazole rings is 1. The molecule has 2 aromatic heterocycles. The van der Waals surface area contributed by atoms with Crippen LogP contribution in [0.5, 0.6) is 0 Å². The number of nitrogens with two attached hydrogens (primary N) is 1. The van der Waals surface area contributed by atoms with Crippen molar-refractivity contribution in [3.05, 3.63) is 86.9 Å². The van der Waals surface area contributed by atoms with E-state index in [1.165, 1.54) is 0 Å². The molecule has 2 N–H and O–H groups in total. The van der Waals surface area contributed by atoms with Crippen LogP contribution in [0.15, 0.2) is 59.4 Å². The summed E-state index contributed by atoms with van der Waals surface area (Å²) in [5.74, 6) is 1.26. The molecule has 1 saturated heterocycles. The highest BCUT2D eigenvalue weighted by Gasteiger charge is 2.25. The molecule has 1 aliphatic heterocycles. The maximum Gasteiger partial charge on any atom is 0.279 e. The summed E-state index contributed by atoms with van der Waals surface area (Å²) in [6.45, 7) is 2.09. The highest BCUT2D eigenvalue weighted by atomic mass is 35.5.